The molecular formula is C17H12ClFN2O. The Hall–Kier alpha value is -2.46. The molecule has 0 aliphatic rings. The predicted octanol–water partition coefficient (Wildman–Crippen LogP) is 3.96. The van der Waals surface area contributed by atoms with E-state index < -0.39 is 5.82 Å². The lowest BCUT2D eigenvalue weighted by molar-refractivity contribution is 0.0950. The lowest BCUT2D eigenvalue weighted by atomic mass is 10.1. The van der Waals surface area contributed by atoms with E-state index in [9.17, 15) is 9.18 Å². The Morgan fingerprint density at radius 2 is 2.05 bits per heavy atom. The minimum atomic E-state index is -0.435. The maximum Gasteiger partial charge on any atom is 0.251 e. The van der Waals surface area contributed by atoms with Crippen molar-refractivity contribution in [3.05, 3.63) is 76.7 Å². The Balaban J connectivity index is 1.75. The fraction of sp³-hybridized carbons (Fsp3) is 0.0588. The lowest BCUT2D eigenvalue weighted by Crippen LogP contribution is -2.23. The first-order valence-corrected chi connectivity index (χ1v) is 7.08. The number of pyridine rings is 1. The topological polar surface area (TPSA) is 42.0 Å². The highest BCUT2D eigenvalue weighted by molar-refractivity contribution is 6.30. The molecule has 1 amide bonds. The van der Waals surface area contributed by atoms with Crippen molar-refractivity contribution in [2.24, 2.45) is 0 Å². The van der Waals surface area contributed by atoms with E-state index in [0.717, 1.165) is 10.9 Å². The van der Waals surface area contributed by atoms with E-state index in [1.165, 1.54) is 6.07 Å². The van der Waals surface area contributed by atoms with Gasteiger partial charge in [-0.3, -0.25) is 9.78 Å². The molecule has 3 nitrogen and oxygen atoms in total. The zero-order valence-electron chi connectivity index (χ0n) is 11.5. The summed E-state index contributed by atoms with van der Waals surface area (Å²) in [5.74, 6) is -0.699. The second-order valence-electron chi connectivity index (χ2n) is 4.83. The monoisotopic (exact) mass is 314 g/mol. The molecule has 0 saturated carbocycles. The van der Waals surface area contributed by atoms with E-state index >= 15 is 0 Å². The number of hydrogen-bond acceptors (Lipinski definition) is 2. The predicted molar refractivity (Wildman–Crippen MR) is 84.3 cm³/mol. The number of hydrogen-bond donors (Lipinski definition) is 1. The molecule has 3 aromatic rings. The summed E-state index contributed by atoms with van der Waals surface area (Å²) in [6, 6.07) is 13.3. The van der Waals surface area contributed by atoms with Gasteiger partial charge in [0.05, 0.1) is 5.52 Å². The van der Waals surface area contributed by atoms with Crippen LogP contribution in [0.25, 0.3) is 10.9 Å². The summed E-state index contributed by atoms with van der Waals surface area (Å²) in [4.78, 5) is 16.4. The quantitative estimate of drug-likeness (QED) is 0.795. The van der Waals surface area contributed by atoms with Gasteiger partial charge in [-0.1, -0.05) is 23.7 Å². The van der Waals surface area contributed by atoms with Gasteiger partial charge in [0, 0.05) is 34.3 Å². The van der Waals surface area contributed by atoms with Crippen LogP contribution in [0.5, 0.6) is 0 Å². The van der Waals surface area contributed by atoms with E-state index in [2.05, 4.69) is 10.3 Å². The van der Waals surface area contributed by atoms with Crippen molar-refractivity contribution in [1.82, 2.24) is 10.3 Å². The van der Waals surface area contributed by atoms with Crippen LogP contribution in [-0.2, 0) is 6.54 Å². The number of carbonyl (C=O) groups is 1. The molecule has 110 valence electrons. The van der Waals surface area contributed by atoms with Crippen molar-refractivity contribution in [2.45, 2.75) is 6.54 Å². The van der Waals surface area contributed by atoms with Crippen LogP contribution in [0.1, 0.15) is 15.9 Å². The van der Waals surface area contributed by atoms with Crippen molar-refractivity contribution in [3.63, 3.8) is 0 Å². The first-order chi connectivity index (χ1) is 10.6. The number of aromatic nitrogens is 1. The molecule has 22 heavy (non-hydrogen) atoms. The molecule has 0 spiro atoms. The molecule has 1 aromatic heterocycles. The molecule has 1 heterocycles. The van der Waals surface area contributed by atoms with E-state index in [0.29, 0.717) is 16.1 Å². The van der Waals surface area contributed by atoms with Crippen molar-refractivity contribution in [1.29, 1.82) is 0 Å². The average molecular weight is 315 g/mol. The third kappa shape index (κ3) is 3.07. The summed E-state index contributed by atoms with van der Waals surface area (Å²) >= 11 is 5.70. The van der Waals surface area contributed by atoms with Gasteiger partial charge in [0.15, 0.2) is 0 Å². The molecule has 0 fully saturated rings. The number of amides is 1. The summed E-state index contributed by atoms with van der Waals surface area (Å²) in [7, 11) is 0. The maximum absolute atomic E-state index is 13.7. The molecule has 0 saturated heterocycles. The Bertz CT molecular complexity index is 851. The van der Waals surface area contributed by atoms with Crippen LogP contribution in [0.2, 0.25) is 5.02 Å². The van der Waals surface area contributed by atoms with Crippen molar-refractivity contribution >= 4 is 28.4 Å². The highest BCUT2D eigenvalue weighted by Crippen LogP contribution is 2.16. The summed E-state index contributed by atoms with van der Waals surface area (Å²) in [5.41, 5.74) is 1.72. The molecule has 1 N–H and O–H groups in total. The molecule has 0 radical (unpaired) electrons. The number of benzene rings is 2. The van der Waals surface area contributed by atoms with Gasteiger partial charge in [-0.15, -0.1) is 0 Å². The third-order valence-electron chi connectivity index (χ3n) is 3.32. The van der Waals surface area contributed by atoms with E-state index in [-0.39, 0.29) is 12.5 Å². The summed E-state index contributed by atoms with van der Waals surface area (Å²) in [6.45, 7) is 0.104. The lowest BCUT2D eigenvalue weighted by Gasteiger charge is -2.07. The zero-order valence-corrected chi connectivity index (χ0v) is 12.3. The Morgan fingerprint density at radius 1 is 1.18 bits per heavy atom. The molecule has 5 heteroatoms. The van der Waals surface area contributed by atoms with E-state index in [1.54, 1.807) is 36.5 Å². The van der Waals surface area contributed by atoms with Gasteiger partial charge in [0.2, 0.25) is 0 Å². The number of nitrogens with zero attached hydrogens (tertiary/aromatic N) is 1. The van der Waals surface area contributed by atoms with Crippen LogP contribution in [0.15, 0.2) is 54.7 Å². The molecule has 0 bridgehead atoms. The average Bonchev–Trinajstić information content (AvgIpc) is 2.53. The van der Waals surface area contributed by atoms with Gasteiger partial charge < -0.3 is 5.32 Å². The Kier molecular flexibility index (Phi) is 4.02. The highest BCUT2D eigenvalue weighted by Gasteiger charge is 2.08. The van der Waals surface area contributed by atoms with Gasteiger partial charge in [0.25, 0.3) is 5.91 Å². The largest absolute Gasteiger partial charge is 0.348 e. The second kappa shape index (κ2) is 6.12. The normalized spacial score (nSPS) is 10.6. The van der Waals surface area contributed by atoms with Crippen molar-refractivity contribution in [2.75, 3.05) is 0 Å². The molecular weight excluding hydrogens is 303 g/mol. The fourth-order valence-corrected chi connectivity index (χ4v) is 2.32. The number of halogens is 2. The van der Waals surface area contributed by atoms with Gasteiger partial charge in [0.1, 0.15) is 5.82 Å². The van der Waals surface area contributed by atoms with E-state index in [1.807, 2.05) is 12.1 Å². The highest BCUT2D eigenvalue weighted by atomic mass is 35.5. The van der Waals surface area contributed by atoms with Crippen molar-refractivity contribution < 1.29 is 9.18 Å². The molecule has 0 aliphatic carbocycles. The fourth-order valence-electron chi connectivity index (χ4n) is 2.16. The number of carbonyl (C=O) groups excluding carboxylic acids is 1. The van der Waals surface area contributed by atoms with Gasteiger partial charge in [-0.05, 0) is 36.4 Å². The standard InChI is InChI=1S/C17H12ClFN2O/c18-14-5-3-13(15(19)9-14)10-21-17(22)12-4-6-16-11(8-12)2-1-7-20-16/h1-9H,10H2,(H,21,22). The van der Waals surface area contributed by atoms with Gasteiger partial charge >= 0.3 is 0 Å². The molecule has 2 aromatic carbocycles. The first-order valence-electron chi connectivity index (χ1n) is 6.70. The zero-order chi connectivity index (χ0) is 15.5. The number of nitrogens with one attached hydrogen (secondary N) is 1. The van der Waals surface area contributed by atoms with Crippen LogP contribution in [0.3, 0.4) is 0 Å². The summed E-state index contributed by atoms with van der Waals surface area (Å²) < 4.78 is 13.7. The first kappa shape index (κ1) is 14.5. The van der Waals surface area contributed by atoms with Gasteiger partial charge in [-0.2, -0.15) is 0 Å². The maximum atomic E-state index is 13.7. The van der Waals surface area contributed by atoms with Crippen LogP contribution >= 0.6 is 11.6 Å². The summed E-state index contributed by atoms with van der Waals surface area (Å²) in [5, 5.41) is 3.91. The Labute approximate surface area is 131 Å². The number of rotatable bonds is 3. The Morgan fingerprint density at radius 3 is 2.86 bits per heavy atom. The number of fused-ring (bicyclic) bond motifs is 1. The molecule has 0 unspecified atom stereocenters. The van der Waals surface area contributed by atoms with Crippen molar-refractivity contribution in [3.8, 4) is 0 Å². The van der Waals surface area contributed by atoms with Gasteiger partial charge in [-0.25, -0.2) is 4.39 Å². The molecule has 0 aliphatic heterocycles. The van der Waals surface area contributed by atoms with Crippen LogP contribution in [0, 0.1) is 5.82 Å². The second-order valence-corrected chi connectivity index (χ2v) is 5.27. The smallest absolute Gasteiger partial charge is 0.251 e. The minimum absolute atomic E-state index is 0.104. The van der Waals surface area contributed by atoms with Crippen LogP contribution < -0.4 is 5.32 Å². The van der Waals surface area contributed by atoms with Crippen LogP contribution in [0.4, 0.5) is 4.39 Å². The molecule has 0 atom stereocenters. The molecule has 3 rings (SSSR count). The van der Waals surface area contributed by atoms with Crippen LogP contribution in [-0.4, -0.2) is 10.9 Å². The van der Waals surface area contributed by atoms with E-state index in [4.69, 9.17) is 11.6 Å². The SMILES string of the molecule is O=C(NCc1ccc(Cl)cc1F)c1ccc2ncccc2c1. The third-order valence-corrected chi connectivity index (χ3v) is 3.55. The summed E-state index contributed by atoms with van der Waals surface area (Å²) in [6.07, 6.45) is 1.70. The minimum Gasteiger partial charge on any atom is -0.348 e.